The summed E-state index contributed by atoms with van der Waals surface area (Å²) < 4.78 is 0. The predicted molar refractivity (Wildman–Crippen MR) is 72.4 cm³/mol. The fraction of sp³-hybridized carbons (Fsp3) is 0.500. The number of nitrogens with one attached hydrogen (secondary N) is 1. The molecule has 2 nitrogen and oxygen atoms in total. The summed E-state index contributed by atoms with van der Waals surface area (Å²) >= 11 is 5.74. The summed E-state index contributed by atoms with van der Waals surface area (Å²) in [5.41, 5.74) is 2.00. The van der Waals surface area contributed by atoms with Crippen LogP contribution in [0.25, 0.3) is 0 Å². The number of rotatable bonds is 5. The molecule has 1 aromatic rings. The zero-order valence-electron chi connectivity index (χ0n) is 10.7. The molecule has 0 unspecified atom stereocenters. The number of hydrogen-bond donors (Lipinski definition) is 1. The third kappa shape index (κ3) is 4.39. The monoisotopic (exact) mass is 253 g/mol. The lowest BCUT2D eigenvalue weighted by molar-refractivity contribution is -0.128. The Bertz CT molecular complexity index is 388. The van der Waals surface area contributed by atoms with Gasteiger partial charge in [0, 0.05) is 12.4 Å². The molecule has 1 amide bonds. The van der Waals surface area contributed by atoms with E-state index in [9.17, 15) is 4.79 Å². The second-order valence-corrected chi connectivity index (χ2v) is 5.28. The van der Waals surface area contributed by atoms with E-state index in [-0.39, 0.29) is 5.91 Å². The van der Waals surface area contributed by atoms with Crippen LogP contribution in [-0.4, -0.2) is 18.3 Å². The summed E-state index contributed by atoms with van der Waals surface area (Å²) in [6, 6.07) is 8.32. The van der Waals surface area contributed by atoms with Gasteiger partial charge in [-0.15, -0.1) is 11.6 Å². The Kier molecular flexibility index (Phi) is 5.01. The van der Waals surface area contributed by atoms with Crippen molar-refractivity contribution in [2.45, 2.75) is 27.2 Å². The van der Waals surface area contributed by atoms with Gasteiger partial charge in [-0.1, -0.05) is 29.8 Å². The van der Waals surface area contributed by atoms with Crippen molar-refractivity contribution in [2.75, 3.05) is 12.4 Å². The van der Waals surface area contributed by atoms with Crippen LogP contribution in [0.3, 0.4) is 0 Å². The van der Waals surface area contributed by atoms with Crippen molar-refractivity contribution < 1.29 is 4.79 Å². The molecule has 0 saturated carbocycles. The molecule has 1 aromatic carbocycles. The highest BCUT2D eigenvalue weighted by Crippen LogP contribution is 2.16. The first-order valence-corrected chi connectivity index (χ1v) is 6.39. The summed E-state index contributed by atoms with van der Waals surface area (Å²) in [6.45, 7) is 6.42. The summed E-state index contributed by atoms with van der Waals surface area (Å²) in [7, 11) is 0. The van der Waals surface area contributed by atoms with E-state index in [1.54, 1.807) is 0 Å². The maximum atomic E-state index is 11.8. The molecule has 0 bridgehead atoms. The van der Waals surface area contributed by atoms with Crippen LogP contribution in [0.2, 0.25) is 0 Å². The quantitative estimate of drug-likeness (QED) is 0.804. The van der Waals surface area contributed by atoms with Gasteiger partial charge in [0.2, 0.25) is 5.91 Å². The highest BCUT2D eigenvalue weighted by Gasteiger charge is 2.25. The minimum absolute atomic E-state index is 0.0140. The molecule has 0 aliphatic heterocycles. The smallest absolute Gasteiger partial charge is 0.226 e. The number of aryl methyl sites for hydroxylation is 1. The molecule has 0 radical (unpaired) electrons. The summed E-state index contributed by atoms with van der Waals surface area (Å²) in [5, 5.41) is 2.92. The van der Waals surface area contributed by atoms with E-state index in [0.29, 0.717) is 12.4 Å². The minimum Gasteiger partial charge on any atom is -0.355 e. The molecule has 0 aromatic heterocycles. The Labute approximate surface area is 108 Å². The molecule has 1 rings (SSSR count). The average molecular weight is 254 g/mol. The second kappa shape index (κ2) is 6.06. The zero-order chi connectivity index (χ0) is 12.9. The topological polar surface area (TPSA) is 29.1 Å². The third-order valence-corrected chi connectivity index (χ3v) is 3.40. The summed E-state index contributed by atoms with van der Waals surface area (Å²) in [5.74, 6) is 0.351. The highest BCUT2D eigenvalue weighted by atomic mass is 35.5. The van der Waals surface area contributed by atoms with Gasteiger partial charge >= 0.3 is 0 Å². The highest BCUT2D eigenvalue weighted by molar-refractivity contribution is 6.19. The average Bonchev–Trinajstić information content (AvgIpc) is 2.29. The normalized spacial score (nSPS) is 11.3. The molecule has 0 fully saturated rings. The SMILES string of the molecule is Cc1cccc(CCNC(=O)C(C)(C)CCl)c1. The number of amides is 1. The lowest BCUT2D eigenvalue weighted by atomic mass is 9.95. The molecule has 94 valence electrons. The van der Waals surface area contributed by atoms with Crippen molar-refractivity contribution in [1.29, 1.82) is 0 Å². The molecule has 0 spiro atoms. The Balaban J connectivity index is 2.41. The number of halogens is 1. The van der Waals surface area contributed by atoms with Crippen molar-refractivity contribution >= 4 is 17.5 Å². The van der Waals surface area contributed by atoms with Gasteiger partial charge in [0.15, 0.2) is 0 Å². The Morgan fingerprint density at radius 1 is 1.41 bits per heavy atom. The minimum atomic E-state index is -0.492. The fourth-order valence-corrected chi connectivity index (χ4v) is 1.61. The molecule has 0 heterocycles. The first kappa shape index (κ1) is 14.0. The predicted octanol–water partition coefficient (Wildman–Crippen LogP) is 2.92. The Hall–Kier alpha value is -1.02. The number of benzene rings is 1. The number of carbonyl (C=O) groups is 1. The third-order valence-electron chi connectivity index (χ3n) is 2.73. The maximum Gasteiger partial charge on any atom is 0.226 e. The molecule has 0 atom stereocenters. The van der Waals surface area contributed by atoms with Crippen LogP contribution < -0.4 is 5.32 Å². The first-order chi connectivity index (χ1) is 7.95. The molecular weight excluding hydrogens is 234 g/mol. The molecular formula is C14H20ClNO. The molecule has 0 aliphatic carbocycles. The molecule has 3 heteroatoms. The van der Waals surface area contributed by atoms with Crippen molar-refractivity contribution in [3.8, 4) is 0 Å². The first-order valence-electron chi connectivity index (χ1n) is 5.85. The van der Waals surface area contributed by atoms with E-state index in [1.165, 1.54) is 11.1 Å². The largest absolute Gasteiger partial charge is 0.355 e. The molecule has 0 saturated heterocycles. The van der Waals surface area contributed by atoms with E-state index in [2.05, 4.69) is 30.4 Å². The van der Waals surface area contributed by atoms with Gasteiger partial charge in [0.1, 0.15) is 0 Å². The fourth-order valence-electron chi connectivity index (χ4n) is 1.49. The summed E-state index contributed by atoms with van der Waals surface area (Å²) in [6.07, 6.45) is 0.853. The van der Waals surface area contributed by atoms with Crippen molar-refractivity contribution in [1.82, 2.24) is 5.32 Å². The number of hydrogen-bond acceptors (Lipinski definition) is 1. The maximum absolute atomic E-state index is 11.8. The van der Waals surface area contributed by atoms with Gasteiger partial charge in [-0.2, -0.15) is 0 Å². The second-order valence-electron chi connectivity index (χ2n) is 5.01. The van der Waals surface area contributed by atoms with Gasteiger partial charge in [-0.3, -0.25) is 4.79 Å². The van der Waals surface area contributed by atoms with Crippen LogP contribution >= 0.6 is 11.6 Å². The van der Waals surface area contributed by atoms with Crippen LogP contribution in [0.5, 0.6) is 0 Å². The van der Waals surface area contributed by atoms with Crippen molar-refractivity contribution in [3.05, 3.63) is 35.4 Å². The lowest BCUT2D eigenvalue weighted by Gasteiger charge is -2.20. The number of carbonyl (C=O) groups excluding carboxylic acids is 1. The molecule has 0 aliphatic rings. The van der Waals surface area contributed by atoms with Crippen LogP contribution in [-0.2, 0) is 11.2 Å². The van der Waals surface area contributed by atoms with E-state index < -0.39 is 5.41 Å². The van der Waals surface area contributed by atoms with Gasteiger partial charge in [0.25, 0.3) is 0 Å². The summed E-state index contributed by atoms with van der Waals surface area (Å²) in [4.78, 5) is 11.8. The Morgan fingerprint density at radius 2 is 2.12 bits per heavy atom. The molecule has 17 heavy (non-hydrogen) atoms. The van der Waals surface area contributed by atoms with Crippen LogP contribution in [0.4, 0.5) is 0 Å². The lowest BCUT2D eigenvalue weighted by Crippen LogP contribution is -2.39. The van der Waals surface area contributed by atoms with E-state index in [1.807, 2.05) is 19.9 Å². The van der Waals surface area contributed by atoms with Gasteiger partial charge in [0.05, 0.1) is 5.41 Å². The van der Waals surface area contributed by atoms with Crippen molar-refractivity contribution in [3.63, 3.8) is 0 Å². The van der Waals surface area contributed by atoms with Gasteiger partial charge in [-0.05, 0) is 32.8 Å². The van der Waals surface area contributed by atoms with Gasteiger partial charge in [-0.25, -0.2) is 0 Å². The van der Waals surface area contributed by atoms with Crippen molar-refractivity contribution in [2.24, 2.45) is 5.41 Å². The standard InChI is InChI=1S/C14H20ClNO/c1-11-5-4-6-12(9-11)7-8-16-13(17)14(2,3)10-15/h4-6,9H,7-8,10H2,1-3H3,(H,16,17). The van der Waals surface area contributed by atoms with Gasteiger partial charge < -0.3 is 5.32 Å². The van der Waals surface area contributed by atoms with E-state index in [0.717, 1.165) is 6.42 Å². The Morgan fingerprint density at radius 3 is 2.71 bits per heavy atom. The molecule has 1 N–H and O–H groups in total. The van der Waals surface area contributed by atoms with Crippen LogP contribution in [0.1, 0.15) is 25.0 Å². The van der Waals surface area contributed by atoms with E-state index >= 15 is 0 Å². The zero-order valence-corrected chi connectivity index (χ0v) is 11.5. The van der Waals surface area contributed by atoms with E-state index in [4.69, 9.17) is 11.6 Å². The number of alkyl halides is 1. The van der Waals surface area contributed by atoms with Crippen LogP contribution in [0, 0.1) is 12.3 Å². The van der Waals surface area contributed by atoms with Crippen LogP contribution in [0.15, 0.2) is 24.3 Å².